The van der Waals surface area contributed by atoms with Gasteiger partial charge in [0, 0.05) is 18.3 Å². The SMILES string of the molecule is O=C1OC(C2CCCCC2)=N/C1=C/c1ccncc1. The minimum absolute atomic E-state index is 0.320. The molecule has 19 heavy (non-hydrogen) atoms. The van der Waals surface area contributed by atoms with Crippen molar-refractivity contribution in [3.8, 4) is 0 Å². The molecule has 1 saturated carbocycles. The molecular formula is C15H16N2O2. The lowest BCUT2D eigenvalue weighted by Crippen LogP contribution is -2.19. The van der Waals surface area contributed by atoms with E-state index in [-0.39, 0.29) is 5.97 Å². The summed E-state index contributed by atoms with van der Waals surface area (Å²) in [5.41, 5.74) is 1.31. The first-order chi connectivity index (χ1) is 9.33. The number of carbonyl (C=O) groups excluding carboxylic acids is 1. The van der Waals surface area contributed by atoms with Crippen LogP contribution in [0.25, 0.3) is 6.08 Å². The molecule has 3 rings (SSSR count). The summed E-state index contributed by atoms with van der Waals surface area (Å²) in [5.74, 6) is 0.600. The van der Waals surface area contributed by atoms with Gasteiger partial charge in [-0.3, -0.25) is 4.98 Å². The van der Waals surface area contributed by atoms with E-state index in [1.165, 1.54) is 19.3 Å². The summed E-state index contributed by atoms with van der Waals surface area (Å²) in [4.78, 5) is 20.1. The number of hydrogen-bond donors (Lipinski definition) is 0. The van der Waals surface area contributed by atoms with E-state index in [1.807, 2.05) is 12.1 Å². The first kappa shape index (κ1) is 12.1. The molecule has 0 saturated heterocycles. The zero-order valence-corrected chi connectivity index (χ0v) is 10.7. The molecule has 0 aromatic carbocycles. The summed E-state index contributed by atoms with van der Waals surface area (Å²) in [6, 6.07) is 3.68. The Kier molecular flexibility index (Phi) is 3.40. The smallest absolute Gasteiger partial charge is 0.363 e. The molecule has 1 aliphatic carbocycles. The fraction of sp³-hybridized carbons (Fsp3) is 0.400. The fourth-order valence-corrected chi connectivity index (χ4v) is 2.57. The van der Waals surface area contributed by atoms with E-state index in [1.54, 1.807) is 18.5 Å². The molecule has 2 aliphatic rings. The number of nitrogens with zero attached hydrogens (tertiary/aromatic N) is 2. The number of aliphatic imine (C=N–C) groups is 1. The van der Waals surface area contributed by atoms with E-state index in [0.29, 0.717) is 17.5 Å². The van der Waals surface area contributed by atoms with Crippen LogP contribution >= 0.6 is 0 Å². The monoisotopic (exact) mass is 256 g/mol. The van der Waals surface area contributed by atoms with Crippen molar-refractivity contribution in [2.75, 3.05) is 0 Å². The molecule has 4 heteroatoms. The van der Waals surface area contributed by atoms with Crippen LogP contribution in [-0.2, 0) is 9.53 Å². The van der Waals surface area contributed by atoms with Crippen LogP contribution in [0.2, 0.25) is 0 Å². The van der Waals surface area contributed by atoms with Gasteiger partial charge in [-0.2, -0.15) is 0 Å². The van der Waals surface area contributed by atoms with Crippen LogP contribution in [0.15, 0.2) is 35.2 Å². The average molecular weight is 256 g/mol. The predicted molar refractivity (Wildman–Crippen MR) is 72.3 cm³/mol. The predicted octanol–water partition coefficient (Wildman–Crippen LogP) is 2.96. The van der Waals surface area contributed by atoms with E-state index in [4.69, 9.17) is 4.74 Å². The van der Waals surface area contributed by atoms with Crippen molar-refractivity contribution < 1.29 is 9.53 Å². The molecule has 1 aliphatic heterocycles. The van der Waals surface area contributed by atoms with Gasteiger partial charge in [0.15, 0.2) is 5.70 Å². The first-order valence-corrected chi connectivity index (χ1v) is 6.75. The summed E-state index contributed by atoms with van der Waals surface area (Å²) in [5, 5.41) is 0. The Labute approximate surface area is 112 Å². The van der Waals surface area contributed by atoms with Gasteiger partial charge in [0.1, 0.15) is 0 Å². The van der Waals surface area contributed by atoms with E-state index in [2.05, 4.69) is 9.98 Å². The van der Waals surface area contributed by atoms with Crippen molar-refractivity contribution >= 4 is 17.9 Å². The first-order valence-electron chi connectivity index (χ1n) is 6.75. The summed E-state index contributed by atoms with van der Waals surface area (Å²) >= 11 is 0. The minimum atomic E-state index is -0.336. The van der Waals surface area contributed by atoms with Gasteiger partial charge < -0.3 is 4.74 Å². The molecule has 98 valence electrons. The lowest BCUT2D eigenvalue weighted by atomic mass is 9.89. The molecule has 0 unspecified atom stereocenters. The lowest BCUT2D eigenvalue weighted by molar-refractivity contribution is -0.130. The van der Waals surface area contributed by atoms with Crippen molar-refractivity contribution in [2.24, 2.45) is 10.9 Å². The number of rotatable bonds is 2. The third kappa shape index (κ3) is 2.72. The molecule has 0 spiro atoms. The van der Waals surface area contributed by atoms with Crippen LogP contribution in [0.3, 0.4) is 0 Å². The Bertz CT molecular complexity index is 528. The standard InChI is InChI=1S/C15H16N2O2/c18-15-13(10-11-6-8-16-9-7-11)17-14(19-15)12-4-2-1-3-5-12/h6-10,12H,1-5H2/b13-10+. The van der Waals surface area contributed by atoms with Crippen LogP contribution in [0.1, 0.15) is 37.7 Å². The van der Waals surface area contributed by atoms with Crippen LogP contribution in [0.4, 0.5) is 0 Å². The van der Waals surface area contributed by atoms with E-state index in [0.717, 1.165) is 18.4 Å². The van der Waals surface area contributed by atoms with Gasteiger partial charge >= 0.3 is 5.97 Å². The highest BCUT2D eigenvalue weighted by atomic mass is 16.6. The topological polar surface area (TPSA) is 51.5 Å². The largest absolute Gasteiger partial charge is 0.406 e. The Hall–Kier alpha value is -1.97. The van der Waals surface area contributed by atoms with Crippen molar-refractivity contribution in [1.29, 1.82) is 0 Å². The van der Waals surface area contributed by atoms with Gasteiger partial charge in [-0.1, -0.05) is 19.3 Å². The Morgan fingerprint density at radius 3 is 2.63 bits per heavy atom. The van der Waals surface area contributed by atoms with Crippen molar-refractivity contribution in [1.82, 2.24) is 4.98 Å². The highest BCUT2D eigenvalue weighted by Crippen LogP contribution is 2.29. The van der Waals surface area contributed by atoms with Crippen LogP contribution in [-0.4, -0.2) is 16.9 Å². The van der Waals surface area contributed by atoms with Crippen molar-refractivity contribution in [3.63, 3.8) is 0 Å². The third-order valence-corrected chi connectivity index (χ3v) is 3.60. The quantitative estimate of drug-likeness (QED) is 0.604. The maximum absolute atomic E-state index is 11.8. The van der Waals surface area contributed by atoms with E-state index in [9.17, 15) is 4.79 Å². The number of hydrogen-bond acceptors (Lipinski definition) is 4. The summed E-state index contributed by atoms with van der Waals surface area (Å²) in [6.07, 6.45) is 11.0. The van der Waals surface area contributed by atoms with Gasteiger partial charge in [0.05, 0.1) is 0 Å². The lowest BCUT2D eigenvalue weighted by Gasteiger charge is -2.19. The van der Waals surface area contributed by atoms with Crippen molar-refractivity contribution in [3.05, 3.63) is 35.8 Å². The zero-order chi connectivity index (χ0) is 13.1. The van der Waals surface area contributed by atoms with E-state index < -0.39 is 0 Å². The normalized spacial score (nSPS) is 22.4. The second-order valence-corrected chi connectivity index (χ2v) is 4.98. The maximum atomic E-state index is 11.8. The Morgan fingerprint density at radius 1 is 1.16 bits per heavy atom. The van der Waals surface area contributed by atoms with Crippen LogP contribution < -0.4 is 0 Å². The van der Waals surface area contributed by atoms with Gasteiger partial charge in [-0.25, -0.2) is 9.79 Å². The number of pyridine rings is 1. The molecule has 0 radical (unpaired) electrons. The molecule has 2 heterocycles. The zero-order valence-electron chi connectivity index (χ0n) is 10.7. The van der Waals surface area contributed by atoms with Gasteiger partial charge in [-0.15, -0.1) is 0 Å². The molecule has 1 aromatic heterocycles. The summed E-state index contributed by atoms with van der Waals surface area (Å²) < 4.78 is 5.31. The highest BCUT2D eigenvalue weighted by Gasteiger charge is 2.29. The number of esters is 1. The molecule has 0 amide bonds. The van der Waals surface area contributed by atoms with Gasteiger partial charge in [0.25, 0.3) is 0 Å². The second kappa shape index (κ2) is 5.34. The number of carbonyl (C=O) groups is 1. The molecule has 0 bridgehead atoms. The maximum Gasteiger partial charge on any atom is 0.363 e. The minimum Gasteiger partial charge on any atom is -0.406 e. The molecule has 0 atom stereocenters. The molecule has 4 nitrogen and oxygen atoms in total. The van der Waals surface area contributed by atoms with Crippen LogP contribution in [0.5, 0.6) is 0 Å². The third-order valence-electron chi connectivity index (χ3n) is 3.60. The average Bonchev–Trinajstić information content (AvgIpc) is 2.82. The van der Waals surface area contributed by atoms with Gasteiger partial charge in [0.2, 0.25) is 5.90 Å². The summed E-state index contributed by atoms with van der Waals surface area (Å²) in [7, 11) is 0. The Morgan fingerprint density at radius 2 is 1.89 bits per heavy atom. The number of aromatic nitrogens is 1. The molecule has 1 fully saturated rings. The van der Waals surface area contributed by atoms with E-state index >= 15 is 0 Å². The Balaban J connectivity index is 1.81. The van der Waals surface area contributed by atoms with Crippen LogP contribution in [0, 0.1) is 5.92 Å². The molecular weight excluding hydrogens is 240 g/mol. The van der Waals surface area contributed by atoms with Gasteiger partial charge in [-0.05, 0) is 36.6 Å². The molecule has 1 aromatic rings. The number of cyclic esters (lactones) is 1. The van der Waals surface area contributed by atoms with Crippen molar-refractivity contribution in [2.45, 2.75) is 32.1 Å². The molecule has 0 N–H and O–H groups in total. The second-order valence-electron chi connectivity index (χ2n) is 4.98. The summed E-state index contributed by atoms with van der Waals surface area (Å²) in [6.45, 7) is 0. The highest BCUT2D eigenvalue weighted by molar-refractivity contribution is 6.07. The number of ether oxygens (including phenoxy) is 1. The fourth-order valence-electron chi connectivity index (χ4n) is 2.57.